The fourth-order valence-electron chi connectivity index (χ4n) is 6.76. The standard InChI is InChI=1S/C25H20F5N5O2S.C7H12FN/c1-10-11(2)37-7-6-35(10)23-13-8-15(25(28,29)30)18(19(27)20(13)33-24(34-23)36-3)12-4-5-16(26)21-17(12)14(9-31)22(32)38-21;8-6-4-7-2-1-3-9(7)5-6/h4-5,8,10-11H,6-7,32H2,1-3H3;6-7H,1-5H2/t10?,11-;/m1./s1. The molecule has 2 aromatic heterocycles. The van der Waals surface area contributed by atoms with Gasteiger partial charge in [-0.3, -0.25) is 4.90 Å². The first kappa shape index (κ1) is 33.0. The van der Waals surface area contributed by atoms with Crippen LogP contribution in [-0.4, -0.2) is 72.6 Å². The minimum absolute atomic E-state index is 0.0622. The van der Waals surface area contributed by atoms with Crippen molar-refractivity contribution >= 4 is 43.1 Å². The third-order valence-electron chi connectivity index (χ3n) is 9.19. The second kappa shape index (κ2) is 12.6. The van der Waals surface area contributed by atoms with Crippen LogP contribution in [0.25, 0.3) is 32.1 Å². The Bertz CT molecular complexity index is 1870. The smallest absolute Gasteiger partial charge is 0.417 e. The van der Waals surface area contributed by atoms with Crippen LogP contribution in [0, 0.1) is 23.0 Å². The highest BCUT2D eigenvalue weighted by Gasteiger charge is 2.39. The zero-order valence-electron chi connectivity index (χ0n) is 25.8. The van der Waals surface area contributed by atoms with E-state index in [1.54, 1.807) is 11.0 Å². The Labute approximate surface area is 270 Å². The monoisotopic (exact) mass is 678 g/mol. The van der Waals surface area contributed by atoms with Gasteiger partial charge < -0.3 is 20.1 Å². The van der Waals surface area contributed by atoms with E-state index < -0.39 is 40.6 Å². The van der Waals surface area contributed by atoms with Crippen LogP contribution in [0.2, 0.25) is 0 Å². The zero-order valence-corrected chi connectivity index (χ0v) is 26.6. The fourth-order valence-corrected chi connectivity index (χ4v) is 7.70. The van der Waals surface area contributed by atoms with E-state index in [1.807, 2.05) is 13.8 Å². The minimum atomic E-state index is -5.03. The highest BCUT2D eigenvalue weighted by molar-refractivity contribution is 7.23. The number of ether oxygens (including phenoxy) is 2. The van der Waals surface area contributed by atoms with E-state index in [0.717, 1.165) is 31.2 Å². The number of hydrogen-bond acceptors (Lipinski definition) is 9. The molecule has 250 valence electrons. The Morgan fingerprint density at radius 1 is 1.17 bits per heavy atom. The number of hydrogen-bond donors (Lipinski definition) is 1. The molecule has 8 nitrogen and oxygen atoms in total. The van der Waals surface area contributed by atoms with E-state index >= 15 is 4.39 Å². The van der Waals surface area contributed by atoms with E-state index in [-0.39, 0.29) is 62.2 Å². The van der Waals surface area contributed by atoms with Crippen LogP contribution in [0.1, 0.15) is 44.2 Å². The van der Waals surface area contributed by atoms with Crippen molar-refractivity contribution in [2.24, 2.45) is 0 Å². The maximum atomic E-state index is 16.4. The number of nitrogens with two attached hydrogens (primary N) is 1. The number of morpholine rings is 1. The molecule has 15 heteroatoms. The first-order valence-corrected chi connectivity index (χ1v) is 16.0. The lowest BCUT2D eigenvalue weighted by Crippen LogP contribution is -2.49. The van der Waals surface area contributed by atoms with Gasteiger partial charge in [-0.1, -0.05) is 6.07 Å². The van der Waals surface area contributed by atoms with Crippen molar-refractivity contribution < 1.29 is 35.8 Å². The summed E-state index contributed by atoms with van der Waals surface area (Å²) >= 11 is 0.702. The van der Waals surface area contributed by atoms with Crippen molar-refractivity contribution in [2.45, 2.75) is 63.6 Å². The molecule has 0 aliphatic carbocycles. The summed E-state index contributed by atoms with van der Waals surface area (Å²) in [5.41, 5.74) is 2.68. The largest absolute Gasteiger partial charge is 0.467 e. The molecule has 0 amide bonds. The molecule has 7 rings (SSSR count). The topological polar surface area (TPSA) is 101 Å². The second-order valence-electron chi connectivity index (χ2n) is 11.9. The van der Waals surface area contributed by atoms with Crippen LogP contribution in [0.3, 0.4) is 0 Å². The zero-order chi connectivity index (χ0) is 33.8. The van der Waals surface area contributed by atoms with Crippen molar-refractivity contribution in [3.8, 4) is 23.2 Å². The van der Waals surface area contributed by atoms with Gasteiger partial charge in [-0.05, 0) is 57.4 Å². The summed E-state index contributed by atoms with van der Waals surface area (Å²) in [4.78, 5) is 12.3. The van der Waals surface area contributed by atoms with Gasteiger partial charge in [-0.15, -0.1) is 11.3 Å². The predicted molar refractivity (Wildman–Crippen MR) is 167 cm³/mol. The first-order chi connectivity index (χ1) is 22.3. The molecule has 0 radical (unpaired) electrons. The molecule has 0 spiro atoms. The molecule has 2 N–H and O–H groups in total. The number of nitriles is 1. The van der Waals surface area contributed by atoms with Gasteiger partial charge in [0, 0.05) is 35.5 Å². The molecule has 3 unspecified atom stereocenters. The number of halogens is 6. The van der Waals surface area contributed by atoms with E-state index in [1.165, 1.54) is 20.0 Å². The molecular weight excluding hydrogens is 646 g/mol. The van der Waals surface area contributed by atoms with Crippen LogP contribution >= 0.6 is 11.3 Å². The maximum absolute atomic E-state index is 16.4. The summed E-state index contributed by atoms with van der Waals surface area (Å²) < 4.78 is 97.8. The molecule has 4 atom stereocenters. The molecule has 3 saturated heterocycles. The molecule has 2 aromatic carbocycles. The number of alkyl halides is 4. The van der Waals surface area contributed by atoms with Crippen molar-refractivity contribution in [1.82, 2.24) is 14.9 Å². The molecule has 4 aromatic rings. The summed E-state index contributed by atoms with van der Waals surface area (Å²) in [5, 5.41) is 9.15. The van der Waals surface area contributed by atoms with Gasteiger partial charge in [0.25, 0.3) is 0 Å². The van der Waals surface area contributed by atoms with Crippen LogP contribution in [-0.2, 0) is 10.9 Å². The predicted octanol–water partition coefficient (Wildman–Crippen LogP) is 7.08. The van der Waals surface area contributed by atoms with Gasteiger partial charge in [-0.2, -0.15) is 28.4 Å². The highest BCUT2D eigenvalue weighted by atomic mass is 32.1. The Hall–Kier alpha value is -3.87. The summed E-state index contributed by atoms with van der Waals surface area (Å²) in [7, 11) is 1.26. The molecule has 3 aliphatic heterocycles. The van der Waals surface area contributed by atoms with Crippen LogP contribution in [0.15, 0.2) is 18.2 Å². The van der Waals surface area contributed by atoms with Gasteiger partial charge in [0.1, 0.15) is 34.4 Å². The number of fused-ring (bicyclic) bond motifs is 3. The number of benzene rings is 2. The van der Waals surface area contributed by atoms with Gasteiger partial charge in [0.05, 0.1) is 41.7 Å². The third-order valence-corrected chi connectivity index (χ3v) is 10.2. The maximum Gasteiger partial charge on any atom is 0.417 e. The number of nitrogens with zero attached hydrogens (tertiary/aromatic N) is 5. The number of anilines is 2. The number of nitrogen functional groups attached to an aromatic ring is 1. The lowest BCUT2D eigenvalue weighted by molar-refractivity contribution is -0.137. The molecule has 3 fully saturated rings. The summed E-state index contributed by atoms with van der Waals surface area (Å²) in [6, 6.07) is 4.58. The van der Waals surface area contributed by atoms with Gasteiger partial charge in [0.2, 0.25) is 0 Å². The summed E-state index contributed by atoms with van der Waals surface area (Å²) in [6.07, 6.45) is -2.49. The Morgan fingerprint density at radius 3 is 2.62 bits per heavy atom. The number of methoxy groups -OCH3 is 1. The Morgan fingerprint density at radius 2 is 1.94 bits per heavy atom. The van der Waals surface area contributed by atoms with Crippen LogP contribution in [0.5, 0.6) is 6.01 Å². The molecule has 5 heterocycles. The normalized spacial score (nSPS) is 23.1. The van der Waals surface area contributed by atoms with E-state index in [0.29, 0.717) is 30.5 Å². The van der Waals surface area contributed by atoms with E-state index in [4.69, 9.17) is 15.2 Å². The third kappa shape index (κ3) is 5.91. The lowest BCUT2D eigenvalue weighted by atomic mass is 9.92. The van der Waals surface area contributed by atoms with E-state index in [2.05, 4.69) is 14.9 Å². The lowest BCUT2D eigenvalue weighted by Gasteiger charge is -2.39. The Balaban J connectivity index is 0.000000366. The molecule has 47 heavy (non-hydrogen) atoms. The highest BCUT2D eigenvalue weighted by Crippen LogP contribution is 2.48. The summed E-state index contributed by atoms with van der Waals surface area (Å²) in [6.45, 7) is 6.07. The molecule has 0 saturated carbocycles. The SMILES string of the molecule is COc1nc(N2CCO[C@H](C)C2C)c2cc(C(F)(F)F)c(-c3ccc(F)c4sc(N)c(C#N)c34)c(F)c2n1.FC1CC2CCCN2C1. The quantitative estimate of drug-likeness (QED) is 0.230. The summed E-state index contributed by atoms with van der Waals surface area (Å²) in [5.74, 6) is -2.04. The van der Waals surface area contributed by atoms with Gasteiger partial charge >= 0.3 is 12.2 Å². The van der Waals surface area contributed by atoms with Gasteiger partial charge in [-0.25, -0.2) is 13.2 Å². The average molecular weight is 679 g/mol. The fraction of sp³-hybridized carbons (Fsp3) is 0.469. The number of thiophene rings is 1. The molecule has 3 aliphatic rings. The first-order valence-electron chi connectivity index (χ1n) is 15.2. The number of aromatic nitrogens is 2. The van der Waals surface area contributed by atoms with Crippen molar-refractivity contribution in [3.63, 3.8) is 0 Å². The van der Waals surface area contributed by atoms with E-state index in [9.17, 15) is 27.2 Å². The molecule has 0 bridgehead atoms. The number of rotatable bonds is 3. The van der Waals surface area contributed by atoms with Crippen molar-refractivity contribution in [3.05, 3.63) is 41.0 Å². The minimum Gasteiger partial charge on any atom is -0.467 e. The van der Waals surface area contributed by atoms with Crippen molar-refractivity contribution in [2.75, 3.05) is 44.0 Å². The molecular formula is C32H32F6N6O2S. The van der Waals surface area contributed by atoms with Crippen LogP contribution in [0.4, 0.5) is 37.2 Å². The Kier molecular flexibility index (Phi) is 8.88. The van der Waals surface area contributed by atoms with Crippen molar-refractivity contribution in [1.29, 1.82) is 5.26 Å². The second-order valence-corrected chi connectivity index (χ2v) is 13.0. The average Bonchev–Trinajstić information content (AvgIpc) is 3.71. The van der Waals surface area contributed by atoms with Gasteiger partial charge in [0.15, 0.2) is 5.82 Å². The van der Waals surface area contributed by atoms with Crippen LogP contribution < -0.4 is 15.4 Å².